The van der Waals surface area contributed by atoms with Crippen LogP contribution in [0.2, 0.25) is 0 Å². The van der Waals surface area contributed by atoms with E-state index in [4.69, 9.17) is 4.74 Å². The fourth-order valence-electron chi connectivity index (χ4n) is 2.07. The molecule has 0 spiro atoms. The quantitative estimate of drug-likeness (QED) is 0.840. The van der Waals surface area contributed by atoms with Crippen LogP contribution in [0.3, 0.4) is 0 Å². The van der Waals surface area contributed by atoms with Crippen LogP contribution >= 0.6 is 11.8 Å². The predicted molar refractivity (Wildman–Crippen MR) is 81.1 cm³/mol. The number of carbonyl (C=O) groups is 1. The van der Waals surface area contributed by atoms with Crippen molar-refractivity contribution in [3.05, 3.63) is 18.3 Å². The van der Waals surface area contributed by atoms with Crippen molar-refractivity contribution in [1.29, 1.82) is 0 Å². The van der Waals surface area contributed by atoms with Crippen LogP contribution in [-0.2, 0) is 9.53 Å². The number of anilines is 1. The summed E-state index contributed by atoms with van der Waals surface area (Å²) in [5.41, 5.74) is 0.875. The number of ether oxygens (including phenoxy) is 1. The highest BCUT2D eigenvalue weighted by atomic mass is 32.2. The highest BCUT2D eigenvalue weighted by Crippen LogP contribution is 2.17. The number of aromatic nitrogens is 1. The van der Waals surface area contributed by atoms with E-state index in [1.165, 1.54) is 0 Å². The summed E-state index contributed by atoms with van der Waals surface area (Å²) in [5, 5.41) is 4.21. The van der Waals surface area contributed by atoms with E-state index in [9.17, 15) is 4.79 Å². The molecule has 5 nitrogen and oxygen atoms in total. The van der Waals surface area contributed by atoms with Gasteiger partial charge in [-0.15, -0.1) is 11.8 Å². The Bertz CT molecular complexity index is 433. The fourth-order valence-corrected chi connectivity index (χ4v) is 2.66. The topological polar surface area (TPSA) is 54.5 Å². The molecule has 0 radical (unpaired) electrons. The molecule has 1 fully saturated rings. The van der Waals surface area contributed by atoms with Crippen LogP contribution in [-0.4, -0.2) is 53.9 Å². The minimum absolute atomic E-state index is 0.111. The molecule has 1 atom stereocenters. The lowest BCUT2D eigenvalue weighted by atomic mass is 10.2. The van der Waals surface area contributed by atoms with E-state index in [1.54, 1.807) is 18.0 Å². The van der Waals surface area contributed by atoms with Gasteiger partial charge in [-0.1, -0.05) is 6.92 Å². The third kappa shape index (κ3) is 4.11. The van der Waals surface area contributed by atoms with Gasteiger partial charge >= 0.3 is 0 Å². The maximum Gasteiger partial charge on any atom is 0.244 e. The van der Waals surface area contributed by atoms with Gasteiger partial charge in [0.1, 0.15) is 6.04 Å². The number of carbonyl (C=O) groups excluding carboxylic acids is 1. The largest absolute Gasteiger partial charge is 0.378 e. The van der Waals surface area contributed by atoms with Crippen molar-refractivity contribution in [2.24, 2.45) is 0 Å². The Labute approximate surface area is 124 Å². The Morgan fingerprint density at radius 1 is 1.50 bits per heavy atom. The molecule has 1 saturated heterocycles. The summed E-state index contributed by atoms with van der Waals surface area (Å²) in [6.45, 7) is 6.59. The summed E-state index contributed by atoms with van der Waals surface area (Å²) < 4.78 is 5.26. The van der Waals surface area contributed by atoms with Crippen LogP contribution in [0.25, 0.3) is 0 Å². The molecule has 0 unspecified atom stereocenters. The molecule has 0 saturated carbocycles. The van der Waals surface area contributed by atoms with E-state index < -0.39 is 0 Å². The van der Waals surface area contributed by atoms with Gasteiger partial charge in [0.15, 0.2) is 0 Å². The number of morpholine rings is 1. The van der Waals surface area contributed by atoms with Gasteiger partial charge in [0.05, 0.1) is 30.1 Å². The lowest BCUT2D eigenvalue weighted by molar-refractivity contribution is -0.135. The highest BCUT2D eigenvalue weighted by molar-refractivity contribution is 7.99. The number of hydrogen-bond acceptors (Lipinski definition) is 5. The van der Waals surface area contributed by atoms with Gasteiger partial charge in [-0.3, -0.25) is 4.79 Å². The number of rotatable bonds is 5. The number of pyridine rings is 1. The van der Waals surface area contributed by atoms with Crippen LogP contribution in [0.1, 0.15) is 13.8 Å². The van der Waals surface area contributed by atoms with Gasteiger partial charge in [-0.25, -0.2) is 4.98 Å². The molecule has 0 bridgehead atoms. The summed E-state index contributed by atoms with van der Waals surface area (Å²) in [6.07, 6.45) is 1.78. The predicted octanol–water partition coefficient (Wildman–Crippen LogP) is 1.85. The maximum absolute atomic E-state index is 12.3. The molecule has 1 aromatic heterocycles. The fraction of sp³-hybridized carbons (Fsp3) is 0.571. The standard InChI is InChI=1S/C14H21N3O2S/c1-3-20-13-5-4-12(10-15-13)16-11(2)14(18)17-6-8-19-9-7-17/h4-5,10-11,16H,3,6-9H2,1-2H3/t11-/m0/s1. The van der Waals surface area contributed by atoms with Gasteiger partial charge < -0.3 is 15.0 Å². The van der Waals surface area contributed by atoms with Gasteiger partial charge in [0.2, 0.25) is 5.91 Å². The van der Waals surface area contributed by atoms with Crippen molar-refractivity contribution in [3.8, 4) is 0 Å². The van der Waals surface area contributed by atoms with Crippen molar-refractivity contribution in [3.63, 3.8) is 0 Å². The second-order valence-corrected chi connectivity index (χ2v) is 5.91. The first-order valence-electron chi connectivity index (χ1n) is 6.92. The van der Waals surface area contributed by atoms with Crippen LogP contribution in [0.4, 0.5) is 5.69 Å². The lowest BCUT2D eigenvalue weighted by Gasteiger charge is -2.29. The van der Waals surface area contributed by atoms with Crippen molar-refractivity contribution in [1.82, 2.24) is 9.88 Å². The van der Waals surface area contributed by atoms with Crippen LogP contribution < -0.4 is 5.32 Å². The SMILES string of the molecule is CCSc1ccc(N[C@@H](C)C(=O)N2CCOCC2)cn1. The Morgan fingerprint density at radius 2 is 2.25 bits per heavy atom. The zero-order valence-corrected chi connectivity index (χ0v) is 12.8. The number of nitrogens with one attached hydrogen (secondary N) is 1. The smallest absolute Gasteiger partial charge is 0.244 e. The first-order chi connectivity index (χ1) is 9.70. The van der Waals surface area contributed by atoms with Gasteiger partial charge in [0.25, 0.3) is 0 Å². The number of thioether (sulfide) groups is 1. The molecule has 20 heavy (non-hydrogen) atoms. The Kier molecular flexibility index (Phi) is 5.67. The molecule has 2 heterocycles. The van der Waals surface area contributed by atoms with Crippen molar-refractivity contribution in [2.45, 2.75) is 24.9 Å². The third-order valence-corrected chi connectivity index (χ3v) is 3.93. The molecule has 110 valence electrons. The number of nitrogens with zero attached hydrogens (tertiary/aromatic N) is 2. The maximum atomic E-state index is 12.3. The van der Waals surface area contributed by atoms with Crippen molar-refractivity contribution >= 4 is 23.4 Å². The van der Waals surface area contributed by atoms with Crippen LogP contribution in [0.15, 0.2) is 23.4 Å². The summed E-state index contributed by atoms with van der Waals surface area (Å²) in [4.78, 5) is 18.4. The van der Waals surface area contributed by atoms with E-state index in [1.807, 2.05) is 24.0 Å². The molecule has 1 aliphatic heterocycles. The molecular weight excluding hydrogens is 274 g/mol. The van der Waals surface area contributed by atoms with E-state index >= 15 is 0 Å². The molecule has 1 aliphatic rings. The zero-order chi connectivity index (χ0) is 14.4. The molecular formula is C14H21N3O2S. The van der Waals surface area contributed by atoms with E-state index in [0.717, 1.165) is 16.5 Å². The minimum atomic E-state index is -0.250. The van der Waals surface area contributed by atoms with E-state index in [-0.39, 0.29) is 11.9 Å². The van der Waals surface area contributed by atoms with Crippen LogP contribution in [0.5, 0.6) is 0 Å². The second kappa shape index (κ2) is 7.50. The molecule has 2 rings (SSSR count). The lowest BCUT2D eigenvalue weighted by Crippen LogP contribution is -2.47. The average Bonchev–Trinajstić information content (AvgIpc) is 2.49. The number of amides is 1. The molecule has 0 aromatic carbocycles. The molecule has 0 aliphatic carbocycles. The van der Waals surface area contributed by atoms with E-state index in [2.05, 4.69) is 17.2 Å². The highest BCUT2D eigenvalue weighted by Gasteiger charge is 2.22. The first-order valence-corrected chi connectivity index (χ1v) is 7.91. The Balaban J connectivity index is 1.89. The Hall–Kier alpha value is -1.27. The van der Waals surface area contributed by atoms with Gasteiger partial charge in [-0.05, 0) is 24.8 Å². The summed E-state index contributed by atoms with van der Waals surface area (Å²) in [6, 6.07) is 3.69. The second-order valence-electron chi connectivity index (χ2n) is 4.62. The molecule has 6 heteroatoms. The summed E-state index contributed by atoms with van der Waals surface area (Å²) in [7, 11) is 0. The zero-order valence-electron chi connectivity index (χ0n) is 12.0. The molecule has 1 amide bonds. The first kappa shape index (κ1) is 15.1. The average molecular weight is 295 g/mol. The number of hydrogen-bond donors (Lipinski definition) is 1. The normalized spacial score (nSPS) is 16.8. The monoisotopic (exact) mass is 295 g/mol. The molecule has 1 aromatic rings. The van der Waals surface area contributed by atoms with E-state index in [0.29, 0.717) is 26.3 Å². The van der Waals surface area contributed by atoms with Crippen LogP contribution in [0, 0.1) is 0 Å². The molecule has 1 N–H and O–H groups in total. The summed E-state index contributed by atoms with van der Waals surface area (Å²) >= 11 is 1.70. The Morgan fingerprint density at radius 3 is 2.85 bits per heavy atom. The van der Waals surface area contributed by atoms with Crippen molar-refractivity contribution < 1.29 is 9.53 Å². The van der Waals surface area contributed by atoms with Gasteiger partial charge in [-0.2, -0.15) is 0 Å². The van der Waals surface area contributed by atoms with Crippen molar-refractivity contribution in [2.75, 3.05) is 37.4 Å². The van der Waals surface area contributed by atoms with Gasteiger partial charge in [0, 0.05) is 13.1 Å². The third-order valence-electron chi connectivity index (χ3n) is 3.10. The summed E-state index contributed by atoms with van der Waals surface area (Å²) in [5.74, 6) is 1.12. The minimum Gasteiger partial charge on any atom is -0.378 e.